The number of hydrogen-bond acceptors (Lipinski definition) is 0. The van der Waals surface area contributed by atoms with E-state index in [4.69, 9.17) is 0 Å². The molecular formula is C41H76. The van der Waals surface area contributed by atoms with E-state index in [1.165, 1.54) is 19.3 Å². The van der Waals surface area contributed by atoms with Gasteiger partial charge in [0.2, 0.25) is 0 Å². The van der Waals surface area contributed by atoms with Crippen molar-refractivity contribution in [3.63, 3.8) is 0 Å². The molecule has 0 heteroatoms. The van der Waals surface area contributed by atoms with E-state index in [1.54, 1.807) is 0 Å². The summed E-state index contributed by atoms with van der Waals surface area (Å²) in [6.07, 6.45) is 4.42. The molecule has 4 saturated carbocycles. The van der Waals surface area contributed by atoms with Crippen molar-refractivity contribution in [1.82, 2.24) is 0 Å². The zero-order chi connectivity index (χ0) is 30.8. The van der Waals surface area contributed by atoms with Gasteiger partial charge in [0.05, 0.1) is 0 Å². The van der Waals surface area contributed by atoms with Gasteiger partial charge in [-0.3, -0.25) is 0 Å². The molecule has 0 heterocycles. The van der Waals surface area contributed by atoms with Crippen LogP contribution in [0.25, 0.3) is 0 Å². The standard InChI is InChI=1S/C41H76/c1-20(2)17-35-23(6)22(5)18-36(38(35)21(3)4)27(10)26(9)34-19-37-28(11)31(14)41(33(16)39(37)32(34)15)40-29(12)24(7)25(8)30(40)13/h20-41H,17-19H2,1-16H3/t22-,23-,24-,25+,26+,27+,28+,29-,30+,31-,32+,33+,34-,35?,36-,37+,38-,39?,40?,41-/m0/s1. The molecule has 0 radical (unpaired) electrons. The van der Waals surface area contributed by atoms with Gasteiger partial charge in [-0.05, 0) is 149 Å². The fraction of sp³-hybridized carbons (Fsp3) is 1.00. The van der Waals surface area contributed by atoms with Crippen LogP contribution < -0.4 is 0 Å². The minimum absolute atomic E-state index is 0.804. The molecule has 0 aromatic heterocycles. The van der Waals surface area contributed by atoms with Crippen molar-refractivity contribution in [1.29, 1.82) is 0 Å². The van der Waals surface area contributed by atoms with E-state index in [1.807, 2.05) is 0 Å². The average Bonchev–Trinajstić information content (AvgIpc) is 3.34. The molecule has 0 spiro atoms. The third-order valence-electron chi connectivity index (χ3n) is 16.7. The number of fused-ring (bicyclic) bond motifs is 1. The van der Waals surface area contributed by atoms with Gasteiger partial charge < -0.3 is 0 Å². The molecule has 41 heavy (non-hydrogen) atoms. The largest absolute Gasteiger partial charge is 0.0628 e. The summed E-state index contributed by atoms with van der Waals surface area (Å²) in [7, 11) is 0. The molecular weight excluding hydrogens is 492 g/mol. The molecule has 0 amide bonds. The summed E-state index contributed by atoms with van der Waals surface area (Å²) in [6, 6.07) is 0. The van der Waals surface area contributed by atoms with Crippen LogP contribution in [0.3, 0.4) is 0 Å². The average molecular weight is 569 g/mol. The van der Waals surface area contributed by atoms with Crippen molar-refractivity contribution in [2.75, 3.05) is 0 Å². The summed E-state index contributed by atoms with van der Waals surface area (Å²) in [6.45, 7) is 41.9. The molecule has 0 saturated heterocycles. The molecule has 0 aliphatic heterocycles. The predicted molar refractivity (Wildman–Crippen MR) is 181 cm³/mol. The second-order valence-corrected chi connectivity index (χ2v) is 18.7. The van der Waals surface area contributed by atoms with Gasteiger partial charge in [-0.1, -0.05) is 111 Å². The van der Waals surface area contributed by atoms with Crippen molar-refractivity contribution < 1.29 is 0 Å². The van der Waals surface area contributed by atoms with Crippen molar-refractivity contribution in [3.8, 4) is 0 Å². The maximum atomic E-state index is 2.74. The monoisotopic (exact) mass is 569 g/mol. The molecule has 20 atom stereocenters. The molecule has 0 bridgehead atoms. The Hall–Kier alpha value is 0. The van der Waals surface area contributed by atoms with E-state index in [-0.39, 0.29) is 0 Å². The lowest BCUT2D eigenvalue weighted by Crippen LogP contribution is -2.47. The van der Waals surface area contributed by atoms with Crippen molar-refractivity contribution in [2.24, 2.45) is 130 Å². The summed E-state index contributed by atoms with van der Waals surface area (Å²) in [4.78, 5) is 0. The summed E-state index contributed by atoms with van der Waals surface area (Å²) in [5.41, 5.74) is 0. The van der Waals surface area contributed by atoms with Crippen LogP contribution >= 0.6 is 0 Å². The zero-order valence-corrected chi connectivity index (χ0v) is 30.8. The molecule has 0 N–H and O–H groups in total. The molecule has 240 valence electrons. The zero-order valence-electron chi connectivity index (χ0n) is 30.8. The minimum Gasteiger partial charge on any atom is -0.0628 e. The van der Waals surface area contributed by atoms with Crippen LogP contribution in [0.5, 0.6) is 0 Å². The van der Waals surface area contributed by atoms with Crippen LogP contribution in [0.1, 0.15) is 130 Å². The Kier molecular flexibility index (Phi) is 10.6. The Labute approximate surface area is 259 Å². The highest BCUT2D eigenvalue weighted by Gasteiger charge is 2.58. The SMILES string of the molecule is CC(C)CC1[C@H](C(C)C)[C@H]([C@H](C)[C@@H](C)[C@@H]2C[C@H]3C([C@@H](C)[C@@H](C4[C@@H](C)[C@@H](C)[C@@H](C)[C@H]4C)[C@@H](C)[C@H]3C)[C@@H]2C)C[C@H](C)[C@@H]1C. The molecule has 4 fully saturated rings. The molecule has 0 nitrogen and oxygen atoms in total. The quantitative estimate of drug-likeness (QED) is 0.286. The molecule has 4 rings (SSSR count). The first kappa shape index (κ1) is 33.9. The van der Waals surface area contributed by atoms with Gasteiger partial charge in [0, 0.05) is 0 Å². The summed E-state index contributed by atoms with van der Waals surface area (Å²) < 4.78 is 0. The molecule has 3 unspecified atom stereocenters. The van der Waals surface area contributed by atoms with Gasteiger partial charge in [0.1, 0.15) is 0 Å². The van der Waals surface area contributed by atoms with E-state index >= 15 is 0 Å². The van der Waals surface area contributed by atoms with Crippen molar-refractivity contribution in [3.05, 3.63) is 0 Å². The maximum absolute atomic E-state index is 2.74. The lowest BCUT2D eigenvalue weighted by Gasteiger charge is -2.52. The Morgan fingerprint density at radius 3 is 1.46 bits per heavy atom. The van der Waals surface area contributed by atoms with Crippen LogP contribution in [-0.2, 0) is 0 Å². The Bertz CT molecular complexity index is 825. The number of rotatable bonds is 7. The summed E-state index contributed by atoms with van der Waals surface area (Å²) in [5.74, 6) is 19.5. The fourth-order valence-corrected chi connectivity index (χ4v) is 13.6. The second kappa shape index (κ2) is 12.8. The van der Waals surface area contributed by atoms with Crippen molar-refractivity contribution in [2.45, 2.75) is 130 Å². The minimum atomic E-state index is 0.804. The lowest BCUT2D eigenvalue weighted by atomic mass is 9.53. The third kappa shape index (κ3) is 5.78. The summed E-state index contributed by atoms with van der Waals surface area (Å²) in [5, 5.41) is 0. The fourth-order valence-electron chi connectivity index (χ4n) is 13.6. The highest BCUT2D eigenvalue weighted by molar-refractivity contribution is 5.06. The van der Waals surface area contributed by atoms with E-state index in [0.717, 1.165) is 130 Å². The molecule has 4 aliphatic rings. The highest BCUT2D eigenvalue weighted by Crippen LogP contribution is 2.64. The van der Waals surface area contributed by atoms with Crippen molar-refractivity contribution >= 4 is 0 Å². The summed E-state index contributed by atoms with van der Waals surface area (Å²) >= 11 is 0. The van der Waals surface area contributed by atoms with Gasteiger partial charge >= 0.3 is 0 Å². The first-order valence-electron chi connectivity index (χ1n) is 19.0. The molecule has 4 aliphatic carbocycles. The van der Waals surface area contributed by atoms with E-state index in [9.17, 15) is 0 Å². The van der Waals surface area contributed by atoms with Gasteiger partial charge in [-0.25, -0.2) is 0 Å². The molecule has 0 aromatic rings. The smallest absolute Gasteiger partial charge is 0.0323 e. The second-order valence-electron chi connectivity index (χ2n) is 18.7. The topological polar surface area (TPSA) is 0 Å². The van der Waals surface area contributed by atoms with Gasteiger partial charge in [-0.2, -0.15) is 0 Å². The lowest BCUT2D eigenvalue weighted by molar-refractivity contribution is -0.0453. The van der Waals surface area contributed by atoms with Crippen LogP contribution in [0.15, 0.2) is 0 Å². The van der Waals surface area contributed by atoms with Gasteiger partial charge in [0.25, 0.3) is 0 Å². The third-order valence-corrected chi connectivity index (χ3v) is 16.7. The van der Waals surface area contributed by atoms with Crippen LogP contribution in [0.2, 0.25) is 0 Å². The first-order chi connectivity index (χ1) is 19.0. The Balaban J connectivity index is 1.58. The van der Waals surface area contributed by atoms with Gasteiger partial charge in [0.15, 0.2) is 0 Å². The first-order valence-corrected chi connectivity index (χ1v) is 19.0. The maximum Gasteiger partial charge on any atom is -0.0323 e. The Morgan fingerprint density at radius 1 is 0.463 bits per heavy atom. The predicted octanol–water partition coefficient (Wildman–Crippen LogP) is 12.1. The molecule has 0 aromatic carbocycles. The van der Waals surface area contributed by atoms with E-state index < -0.39 is 0 Å². The Morgan fingerprint density at radius 2 is 0.951 bits per heavy atom. The van der Waals surface area contributed by atoms with Crippen LogP contribution in [0, 0.1) is 130 Å². The normalized spacial score (nSPS) is 54.0. The number of hydrogen-bond donors (Lipinski definition) is 0. The van der Waals surface area contributed by atoms with Crippen LogP contribution in [0.4, 0.5) is 0 Å². The van der Waals surface area contributed by atoms with Crippen LogP contribution in [-0.4, -0.2) is 0 Å². The highest BCUT2D eigenvalue weighted by atomic mass is 14.6. The van der Waals surface area contributed by atoms with E-state index in [2.05, 4.69) is 111 Å². The van der Waals surface area contributed by atoms with Gasteiger partial charge in [-0.15, -0.1) is 0 Å². The van der Waals surface area contributed by atoms with E-state index in [0.29, 0.717) is 0 Å².